The zero-order valence-electron chi connectivity index (χ0n) is 14.5. The van der Waals surface area contributed by atoms with Crippen molar-refractivity contribution in [3.8, 4) is 11.5 Å². The predicted molar refractivity (Wildman–Crippen MR) is 89.8 cm³/mol. The van der Waals surface area contributed by atoms with E-state index in [-0.39, 0.29) is 36.7 Å². The van der Waals surface area contributed by atoms with E-state index in [1.54, 1.807) is 7.11 Å². The molecule has 134 valence electrons. The van der Waals surface area contributed by atoms with Gasteiger partial charge in [-0.1, -0.05) is 12.2 Å². The average molecular weight is 345 g/mol. The molecule has 4 aliphatic rings. The van der Waals surface area contributed by atoms with E-state index in [9.17, 15) is 0 Å². The van der Waals surface area contributed by atoms with Crippen LogP contribution in [0, 0.1) is 0 Å². The van der Waals surface area contributed by atoms with Crippen LogP contribution in [0.5, 0.6) is 11.5 Å². The first kappa shape index (κ1) is 15.6. The number of hydrogen-bond donors (Lipinski definition) is 1. The summed E-state index contributed by atoms with van der Waals surface area (Å²) in [5.74, 6) is 1.57. The third kappa shape index (κ3) is 2.11. The Labute approximate surface area is 147 Å². The molecule has 5 atom stereocenters. The Morgan fingerprint density at radius 1 is 1.28 bits per heavy atom. The Hall–Kier alpha value is -1.60. The smallest absolute Gasteiger partial charge is 0.231 e. The lowest BCUT2D eigenvalue weighted by molar-refractivity contribution is -0.189. The molecule has 25 heavy (non-hydrogen) atoms. The van der Waals surface area contributed by atoms with Crippen molar-refractivity contribution < 1.29 is 23.7 Å². The minimum atomic E-state index is -0.376. The number of nitrogens with one attached hydrogen (secondary N) is 1. The molecule has 6 heteroatoms. The summed E-state index contributed by atoms with van der Waals surface area (Å²) in [6.07, 6.45) is 5.12. The molecule has 0 amide bonds. The van der Waals surface area contributed by atoms with Gasteiger partial charge in [-0.3, -0.25) is 0 Å². The summed E-state index contributed by atoms with van der Waals surface area (Å²) in [4.78, 5) is 0. The molecule has 1 aromatic carbocycles. The van der Waals surface area contributed by atoms with Crippen LogP contribution in [-0.2, 0) is 19.6 Å². The van der Waals surface area contributed by atoms with Gasteiger partial charge in [0, 0.05) is 31.9 Å². The van der Waals surface area contributed by atoms with Crippen molar-refractivity contribution in [1.29, 1.82) is 0 Å². The van der Waals surface area contributed by atoms with Gasteiger partial charge in [-0.05, 0) is 31.0 Å². The van der Waals surface area contributed by atoms with Crippen molar-refractivity contribution in [3.05, 3.63) is 35.4 Å². The number of ether oxygens (including phenoxy) is 5. The molecule has 0 radical (unpaired) electrons. The molecule has 1 aliphatic carbocycles. The van der Waals surface area contributed by atoms with Crippen LogP contribution in [0.4, 0.5) is 0 Å². The van der Waals surface area contributed by atoms with Crippen LogP contribution in [-0.4, -0.2) is 45.3 Å². The Balaban J connectivity index is 1.68. The zero-order chi connectivity index (χ0) is 17.0. The van der Waals surface area contributed by atoms with Crippen LogP contribution in [0.3, 0.4) is 0 Å². The van der Waals surface area contributed by atoms with Crippen molar-refractivity contribution >= 4 is 0 Å². The fourth-order valence-corrected chi connectivity index (χ4v) is 4.71. The van der Waals surface area contributed by atoms with Crippen LogP contribution >= 0.6 is 0 Å². The minimum absolute atomic E-state index is 0.0241. The normalized spacial score (nSPS) is 37.5. The molecule has 1 spiro atoms. The van der Waals surface area contributed by atoms with Gasteiger partial charge in [0.05, 0.1) is 17.6 Å². The van der Waals surface area contributed by atoms with Crippen molar-refractivity contribution in [2.24, 2.45) is 0 Å². The lowest BCUT2D eigenvalue weighted by Gasteiger charge is -2.46. The quantitative estimate of drug-likeness (QED) is 0.846. The second-order valence-electron chi connectivity index (χ2n) is 6.97. The van der Waals surface area contributed by atoms with E-state index < -0.39 is 0 Å². The lowest BCUT2D eigenvalue weighted by atomic mass is 9.65. The van der Waals surface area contributed by atoms with Gasteiger partial charge in [0.25, 0.3) is 0 Å². The highest BCUT2D eigenvalue weighted by molar-refractivity contribution is 5.56. The molecule has 1 aromatic rings. The molecule has 0 aromatic heterocycles. The van der Waals surface area contributed by atoms with Crippen LogP contribution in [0.15, 0.2) is 24.3 Å². The van der Waals surface area contributed by atoms with Gasteiger partial charge in [-0.25, -0.2) is 0 Å². The molecule has 0 unspecified atom stereocenters. The van der Waals surface area contributed by atoms with E-state index in [1.165, 1.54) is 5.56 Å². The summed E-state index contributed by atoms with van der Waals surface area (Å²) in [5.41, 5.74) is 2.03. The van der Waals surface area contributed by atoms with E-state index >= 15 is 0 Å². The molecule has 3 heterocycles. The molecule has 0 bridgehead atoms. The van der Waals surface area contributed by atoms with Crippen molar-refractivity contribution in [2.75, 3.05) is 27.1 Å². The van der Waals surface area contributed by atoms with E-state index in [0.717, 1.165) is 30.0 Å². The predicted octanol–water partition coefficient (Wildman–Crippen LogP) is 2.03. The first-order valence-corrected chi connectivity index (χ1v) is 8.93. The van der Waals surface area contributed by atoms with Crippen molar-refractivity contribution in [2.45, 2.75) is 43.3 Å². The van der Waals surface area contributed by atoms with E-state index in [0.29, 0.717) is 6.61 Å². The highest BCUT2D eigenvalue weighted by Crippen LogP contribution is 2.53. The van der Waals surface area contributed by atoms with E-state index in [2.05, 4.69) is 23.5 Å². The minimum Gasteiger partial charge on any atom is -0.454 e. The fraction of sp³-hybridized carbons (Fsp3) is 0.579. The summed E-state index contributed by atoms with van der Waals surface area (Å²) in [7, 11) is 1.76. The Bertz CT molecular complexity index is 720. The van der Waals surface area contributed by atoms with Gasteiger partial charge in [0.2, 0.25) is 6.79 Å². The molecular formula is C19H23NO5. The maximum absolute atomic E-state index is 6.39. The number of methoxy groups -OCH3 is 1. The van der Waals surface area contributed by atoms with Crippen LogP contribution in [0.1, 0.15) is 30.8 Å². The maximum Gasteiger partial charge on any atom is 0.231 e. The highest BCUT2D eigenvalue weighted by atomic mass is 16.7. The first-order valence-electron chi connectivity index (χ1n) is 8.93. The topological polar surface area (TPSA) is 58.2 Å². The summed E-state index contributed by atoms with van der Waals surface area (Å²) in [6.45, 7) is 3.64. The molecule has 1 fully saturated rings. The van der Waals surface area contributed by atoms with Gasteiger partial charge in [0.1, 0.15) is 0 Å². The van der Waals surface area contributed by atoms with Crippen LogP contribution in [0.25, 0.3) is 0 Å². The molecule has 3 aliphatic heterocycles. The van der Waals surface area contributed by atoms with Gasteiger partial charge < -0.3 is 29.0 Å². The Morgan fingerprint density at radius 2 is 2.12 bits per heavy atom. The first-order chi connectivity index (χ1) is 12.3. The fourth-order valence-electron chi connectivity index (χ4n) is 4.71. The van der Waals surface area contributed by atoms with Gasteiger partial charge in [0.15, 0.2) is 17.8 Å². The molecule has 0 saturated carbocycles. The van der Waals surface area contributed by atoms with Crippen LogP contribution in [0.2, 0.25) is 0 Å². The van der Waals surface area contributed by atoms with Crippen molar-refractivity contribution in [3.63, 3.8) is 0 Å². The van der Waals surface area contributed by atoms with Crippen molar-refractivity contribution in [1.82, 2.24) is 5.32 Å². The maximum atomic E-state index is 6.39. The SMILES string of the molecule is CCO[C@H]1O[C@H]2CN[C@H]3C[C@H](OC)C=C[C@]32c2cc3c(cc21)OCO3. The van der Waals surface area contributed by atoms with Gasteiger partial charge in [-0.15, -0.1) is 0 Å². The lowest BCUT2D eigenvalue weighted by Crippen LogP contribution is -2.52. The third-order valence-electron chi connectivity index (χ3n) is 5.89. The number of hydrogen-bond acceptors (Lipinski definition) is 6. The highest BCUT2D eigenvalue weighted by Gasteiger charge is 2.57. The second kappa shape index (κ2) is 5.71. The number of rotatable bonds is 3. The zero-order valence-corrected chi connectivity index (χ0v) is 14.5. The van der Waals surface area contributed by atoms with E-state index in [4.69, 9.17) is 23.7 Å². The Kier molecular flexibility index (Phi) is 3.57. The summed E-state index contributed by atoms with van der Waals surface area (Å²) >= 11 is 0. The average Bonchev–Trinajstić information content (AvgIpc) is 3.24. The summed E-state index contributed by atoms with van der Waals surface area (Å²) < 4.78 is 29.1. The van der Waals surface area contributed by atoms with E-state index in [1.807, 2.05) is 13.0 Å². The monoisotopic (exact) mass is 345 g/mol. The summed E-state index contributed by atoms with van der Waals surface area (Å²) in [6, 6.07) is 4.40. The molecule has 1 N–H and O–H groups in total. The number of benzene rings is 1. The standard InChI is InChI=1S/C19H23NO5/c1-3-22-18-12-7-14-15(24-10-23-14)8-13(12)19-5-4-11(21-2)6-16(19)20-9-17(19)25-18/h4-5,7-8,11,16-18,20H,3,6,9-10H2,1-2H3/t11-,16+,17+,18+,19+/m1/s1. The van der Waals surface area contributed by atoms with Gasteiger partial charge in [-0.2, -0.15) is 0 Å². The summed E-state index contributed by atoms with van der Waals surface area (Å²) in [5, 5.41) is 3.64. The molecule has 1 saturated heterocycles. The second-order valence-corrected chi connectivity index (χ2v) is 6.97. The molecule has 6 nitrogen and oxygen atoms in total. The largest absolute Gasteiger partial charge is 0.454 e. The number of fused-ring (bicyclic) bond motifs is 2. The van der Waals surface area contributed by atoms with Gasteiger partial charge >= 0.3 is 0 Å². The Morgan fingerprint density at radius 3 is 2.92 bits per heavy atom. The third-order valence-corrected chi connectivity index (χ3v) is 5.89. The van der Waals surface area contributed by atoms with Crippen LogP contribution < -0.4 is 14.8 Å². The molecular weight excluding hydrogens is 322 g/mol. The molecule has 5 rings (SSSR count).